The summed E-state index contributed by atoms with van der Waals surface area (Å²) in [5.41, 5.74) is 3.36. The molecule has 0 saturated carbocycles. The maximum Gasteiger partial charge on any atom is 0.254 e. The Kier molecular flexibility index (Phi) is 8.39. The number of rotatable bonds is 9. The Morgan fingerprint density at radius 3 is 2.34 bits per heavy atom. The minimum atomic E-state index is -0.595. The minimum Gasteiger partial charge on any atom is -0.399 e. The monoisotopic (exact) mass is 436 g/mol. The number of likely N-dealkylation sites (tertiary alicyclic amines) is 1. The summed E-state index contributed by atoms with van der Waals surface area (Å²) in [6.07, 6.45) is 0.374. The fourth-order valence-corrected chi connectivity index (χ4v) is 3.94. The average Bonchev–Trinajstić information content (AvgIpc) is 3.26. The van der Waals surface area contributed by atoms with E-state index < -0.39 is 6.04 Å². The molecule has 0 aromatic heterocycles. The lowest BCUT2D eigenvalue weighted by Gasteiger charge is -2.24. The molecular formula is C25H32N4O3. The first-order chi connectivity index (χ1) is 15.6. The lowest BCUT2D eigenvalue weighted by Crippen LogP contribution is -2.47. The van der Waals surface area contributed by atoms with Crippen LogP contribution in [-0.4, -0.2) is 73.2 Å². The third-order valence-electron chi connectivity index (χ3n) is 5.80. The number of benzene rings is 2. The lowest BCUT2D eigenvalue weighted by molar-refractivity contribution is -0.124. The van der Waals surface area contributed by atoms with Crippen LogP contribution in [0.3, 0.4) is 0 Å². The van der Waals surface area contributed by atoms with Gasteiger partial charge in [0.05, 0.1) is 12.3 Å². The quantitative estimate of drug-likeness (QED) is 0.613. The van der Waals surface area contributed by atoms with Crippen molar-refractivity contribution in [3.8, 4) is 11.1 Å². The summed E-state index contributed by atoms with van der Waals surface area (Å²) in [4.78, 5) is 34.9. The highest BCUT2D eigenvalue weighted by atomic mass is 16.6. The molecule has 1 saturated heterocycles. The molecular weight excluding hydrogens is 404 g/mol. The van der Waals surface area contributed by atoms with Gasteiger partial charge in [0.15, 0.2) is 0 Å². The number of amides is 2. The van der Waals surface area contributed by atoms with Crippen molar-refractivity contribution in [3.63, 3.8) is 0 Å². The summed E-state index contributed by atoms with van der Waals surface area (Å²) < 4.78 is 0. The van der Waals surface area contributed by atoms with Crippen LogP contribution in [0.4, 0.5) is 0 Å². The third kappa shape index (κ3) is 5.73. The van der Waals surface area contributed by atoms with Gasteiger partial charge in [0.25, 0.3) is 5.91 Å². The molecule has 1 fully saturated rings. The van der Waals surface area contributed by atoms with Crippen LogP contribution >= 0.6 is 0 Å². The predicted octanol–water partition coefficient (Wildman–Crippen LogP) is 3.03. The zero-order valence-corrected chi connectivity index (χ0v) is 19.1. The van der Waals surface area contributed by atoms with E-state index in [1.165, 1.54) is 7.11 Å². The maximum absolute atomic E-state index is 13.3. The molecule has 7 nitrogen and oxygen atoms in total. The van der Waals surface area contributed by atoms with Crippen molar-refractivity contribution in [1.29, 1.82) is 0 Å². The Balaban J connectivity index is 1.71. The van der Waals surface area contributed by atoms with Gasteiger partial charge in [-0.05, 0) is 36.3 Å². The highest BCUT2D eigenvalue weighted by molar-refractivity contribution is 6.05. The van der Waals surface area contributed by atoms with E-state index in [0.717, 1.165) is 30.8 Å². The molecule has 1 heterocycles. The predicted molar refractivity (Wildman–Crippen MR) is 127 cm³/mol. The van der Waals surface area contributed by atoms with Gasteiger partial charge >= 0.3 is 0 Å². The fourth-order valence-electron chi connectivity index (χ4n) is 3.94. The van der Waals surface area contributed by atoms with Gasteiger partial charge in [0, 0.05) is 25.1 Å². The van der Waals surface area contributed by atoms with Crippen LogP contribution < -0.4 is 5.32 Å². The zero-order valence-electron chi connectivity index (χ0n) is 19.1. The van der Waals surface area contributed by atoms with Crippen molar-refractivity contribution in [2.75, 3.05) is 39.8 Å². The smallest absolute Gasteiger partial charge is 0.254 e. The van der Waals surface area contributed by atoms with Crippen LogP contribution in [0, 0.1) is 0 Å². The van der Waals surface area contributed by atoms with Crippen LogP contribution in [0.5, 0.6) is 0 Å². The minimum absolute atomic E-state index is 0.160. The summed E-state index contributed by atoms with van der Waals surface area (Å²) >= 11 is 0. The molecule has 0 radical (unpaired) electrons. The second-order valence-corrected chi connectivity index (χ2v) is 7.75. The average molecular weight is 437 g/mol. The summed E-state index contributed by atoms with van der Waals surface area (Å²) in [5.74, 6) is -0.345. The van der Waals surface area contributed by atoms with Crippen molar-refractivity contribution in [3.05, 3.63) is 60.2 Å². The normalized spacial score (nSPS) is 17.1. The van der Waals surface area contributed by atoms with Gasteiger partial charge in [-0.1, -0.05) is 61.5 Å². The molecule has 0 aliphatic carbocycles. The van der Waals surface area contributed by atoms with Gasteiger partial charge in [0.1, 0.15) is 13.2 Å². The lowest BCUT2D eigenvalue weighted by atomic mass is 10.0. The Labute approximate surface area is 190 Å². The molecule has 2 aromatic rings. The van der Waals surface area contributed by atoms with Gasteiger partial charge < -0.3 is 20.0 Å². The second kappa shape index (κ2) is 11.4. The van der Waals surface area contributed by atoms with E-state index in [2.05, 4.69) is 29.2 Å². The number of nitrogens with zero attached hydrogens (tertiary/aromatic N) is 3. The number of hydrogen-bond donors (Lipinski definition) is 1. The number of carbonyl (C=O) groups is 2. The van der Waals surface area contributed by atoms with Crippen LogP contribution in [-0.2, 0) is 9.63 Å². The first kappa shape index (κ1) is 23.5. The molecule has 0 bridgehead atoms. The van der Waals surface area contributed by atoms with Crippen LogP contribution in [0.2, 0.25) is 0 Å². The standard InChI is InChI=1S/C25H32N4O3/c1-4-28(5-2)16-15-26-24(30)23-17-22(27-32-3)18-29(23)25(31)21-13-11-20(12-14-21)19-9-7-6-8-10-19/h6-14,23H,4-5,15-18H2,1-3H3,(H,26,30)/b27-22+. The van der Waals surface area contributed by atoms with E-state index in [9.17, 15) is 9.59 Å². The number of hydrogen-bond acceptors (Lipinski definition) is 5. The largest absolute Gasteiger partial charge is 0.399 e. The Hall–Kier alpha value is -3.19. The van der Waals surface area contributed by atoms with Gasteiger partial charge in [-0.3, -0.25) is 9.59 Å². The molecule has 7 heteroatoms. The molecule has 1 aliphatic rings. The van der Waals surface area contributed by atoms with Crippen LogP contribution in [0.15, 0.2) is 59.8 Å². The number of nitrogens with one attached hydrogen (secondary N) is 1. The van der Waals surface area contributed by atoms with Gasteiger partial charge in [-0.2, -0.15) is 0 Å². The first-order valence-corrected chi connectivity index (χ1v) is 11.1. The third-order valence-corrected chi connectivity index (χ3v) is 5.80. The van der Waals surface area contributed by atoms with E-state index >= 15 is 0 Å². The van der Waals surface area contributed by atoms with E-state index in [4.69, 9.17) is 4.84 Å². The molecule has 0 spiro atoms. The molecule has 1 unspecified atom stereocenters. The first-order valence-electron chi connectivity index (χ1n) is 11.1. The maximum atomic E-state index is 13.3. The molecule has 170 valence electrons. The molecule has 1 N–H and O–H groups in total. The molecule has 2 aromatic carbocycles. The Morgan fingerprint density at radius 2 is 1.72 bits per heavy atom. The zero-order chi connectivity index (χ0) is 22.9. The summed E-state index contributed by atoms with van der Waals surface area (Å²) in [5, 5.41) is 6.99. The Morgan fingerprint density at radius 1 is 1.06 bits per heavy atom. The van der Waals surface area contributed by atoms with E-state index in [1.54, 1.807) is 4.90 Å². The number of carbonyl (C=O) groups excluding carboxylic acids is 2. The van der Waals surface area contributed by atoms with Crippen molar-refractivity contribution in [2.24, 2.45) is 5.16 Å². The number of likely N-dealkylation sites (N-methyl/N-ethyl adjacent to an activating group) is 1. The van der Waals surface area contributed by atoms with Gasteiger partial charge in [0.2, 0.25) is 5.91 Å². The number of oxime groups is 1. The second-order valence-electron chi connectivity index (χ2n) is 7.75. The molecule has 1 atom stereocenters. The van der Waals surface area contributed by atoms with Crippen LogP contribution in [0.25, 0.3) is 11.1 Å². The molecule has 1 aliphatic heterocycles. The van der Waals surface area contributed by atoms with Crippen molar-refractivity contribution in [1.82, 2.24) is 15.1 Å². The topological polar surface area (TPSA) is 74.2 Å². The van der Waals surface area contributed by atoms with Crippen molar-refractivity contribution < 1.29 is 14.4 Å². The summed E-state index contributed by atoms with van der Waals surface area (Å²) in [6.45, 7) is 7.66. The summed E-state index contributed by atoms with van der Waals surface area (Å²) in [6, 6.07) is 16.9. The highest BCUT2D eigenvalue weighted by Crippen LogP contribution is 2.23. The van der Waals surface area contributed by atoms with E-state index in [0.29, 0.717) is 24.2 Å². The molecule has 32 heavy (non-hydrogen) atoms. The SMILES string of the molecule is CCN(CC)CCNC(=O)C1C/C(=N\OC)CN1C(=O)c1ccc(-c2ccccc2)cc1. The van der Waals surface area contributed by atoms with Gasteiger partial charge in [-0.25, -0.2) is 0 Å². The van der Waals surface area contributed by atoms with Gasteiger partial charge in [-0.15, -0.1) is 0 Å². The fraction of sp³-hybridized carbons (Fsp3) is 0.400. The molecule has 2 amide bonds. The molecule has 3 rings (SSSR count). The van der Waals surface area contributed by atoms with Crippen LogP contribution in [0.1, 0.15) is 30.6 Å². The van der Waals surface area contributed by atoms with Crippen molar-refractivity contribution in [2.45, 2.75) is 26.3 Å². The highest BCUT2D eigenvalue weighted by Gasteiger charge is 2.38. The summed E-state index contributed by atoms with van der Waals surface area (Å²) in [7, 11) is 1.47. The van der Waals surface area contributed by atoms with E-state index in [-0.39, 0.29) is 18.4 Å². The Bertz CT molecular complexity index is 924. The van der Waals surface area contributed by atoms with E-state index in [1.807, 2.05) is 54.6 Å². The van der Waals surface area contributed by atoms with Crippen molar-refractivity contribution >= 4 is 17.5 Å².